The highest BCUT2D eigenvalue weighted by atomic mass is 16.5. The molecule has 2 atom stereocenters. The second kappa shape index (κ2) is 5.11. The maximum absolute atomic E-state index is 5.84. The number of rotatable bonds is 3. The van der Waals surface area contributed by atoms with E-state index in [9.17, 15) is 0 Å². The summed E-state index contributed by atoms with van der Waals surface area (Å²) in [6.45, 7) is 3.90. The predicted molar refractivity (Wildman–Crippen MR) is 82.1 cm³/mol. The average Bonchev–Trinajstić information content (AvgIpc) is 2.99. The molecule has 0 radical (unpaired) electrons. The van der Waals surface area contributed by atoms with Gasteiger partial charge in [0.25, 0.3) is 0 Å². The van der Waals surface area contributed by atoms with Crippen LogP contribution in [0.25, 0.3) is 10.9 Å². The summed E-state index contributed by atoms with van der Waals surface area (Å²) in [6, 6.07) is 6.91. The van der Waals surface area contributed by atoms with Gasteiger partial charge in [-0.1, -0.05) is 6.07 Å². The Labute approximate surface area is 119 Å². The summed E-state index contributed by atoms with van der Waals surface area (Å²) in [5.74, 6) is 1.58. The molecule has 1 aromatic heterocycles. The molecule has 2 heterocycles. The van der Waals surface area contributed by atoms with Crippen LogP contribution in [-0.4, -0.2) is 37.1 Å². The first-order chi connectivity index (χ1) is 9.63. The summed E-state index contributed by atoms with van der Waals surface area (Å²) in [4.78, 5) is 5.76. The minimum atomic E-state index is 0.401. The Kier molecular flexibility index (Phi) is 3.44. The third-order valence-corrected chi connectivity index (χ3v) is 4.45. The highest BCUT2D eigenvalue weighted by Gasteiger charge is 2.32. The van der Waals surface area contributed by atoms with Crippen molar-refractivity contribution in [2.75, 3.05) is 27.2 Å². The number of methoxy groups -OCH3 is 1. The molecule has 3 N–H and O–H groups in total. The summed E-state index contributed by atoms with van der Waals surface area (Å²) >= 11 is 0. The maximum Gasteiger partial charge on any atom is 0.133 e. The van der Waals surface area contributed by atoms with E-state index in [0.29, 0.717) is 12.0 Å². The number of fused-ring (bicyclic) bond motifs is 1. The van der Waals surface area contributed by atoms with E-state index in [2.05, 4.69) is 42.1 Å². The highest BCUT2D eigenvalue weighted by Crippen LogP contribution is 2.41. The molecule has 2 unspecified atom stereocenters. The summed E-state index contributed by atoms with van der Waals surface area (Å²) < 4.78 is 5.72. The van der Waals surface area contributed by atoms with Crippen molar-refractivity contribution in [2.45, 2.75) is 19.4 Å². The van der Waals surface area contributed by atoms with Crippen molar-refractivity contribution in [1.29, 1.82) is 0 Å². The zero-order chi connectivity index (χ0) is 14.3. The van der Waals surface area contributed by atoms with Crippen molar-refractivity contribution < 1.29 is 4.74 Å². The molecular formula is C16H23N3O. The Bertz CT molecular complexity index is 619. The lowest BCUT2D eigenvalue weighted by Gasteiger charge is -2.22. The van der Waals surface area contributed by atoms with E-state index in [4.69, 9.17) is 10.5 Å². The van der Waals surface area contributed by atoms with Crippen molar-refractivity contribution in [1.82, 2.24) is 9.88 Å². The summed E-state index contributed by atoms with van der Waals surface area (Å²) in [6.07, 6.45) is 1.11. The van der Waals surface area contributed by atoms with Crippen LogP contribution in [-0.2, 0) is 0 Å². The molecule has 1 saturated heterocycles. The zero-order valence-corrected chi connectivity index (χ0v) is 12.4. The van der Waals surface area contributed by atoms with E-state index >= 15 is 0 Å². The van der Waals surface area contributed by atoms with Crippen LogP contribution in [0.15, 0.2) is 18.2 Å². The molecule has 20 heavy (non-hydrogen) atoms. The smallest absolute Gasteiger partial charge is 0.133 e. The third kappa shape index (κ3) is 2.09. The van der Waals surface area contributed by atoms with Gasteiger partial charge in [-0.2, -0.15) is 0 Å². The first-order valence-corrected chi connectivity index (χ1v) is 7.20. The molecule has 0 aliphatic carbocycles. The van der Waals surface area contributed by atoms with Gasteiger partial charge in [-0.05, 0) is 45.0 Å². The topological polar surface area (TPSA) is 54.3 Å². The number of nitrogens with two attached hydrogens (primary N) is 1. The number of aryl methyl sites for hydroxylation is 1. The van der Waals surface area contributed by atoms with E-state index in [-0.39, 0.29) is 0 Å². The first kappa shape index (κ1) is 13.5. The number of ether oxygens (including phenoxy) is 1. The van der Waals surface area contributed by atoms with Crippen LogP contribution in [0.1, 0.15) is 23.7 Å². The average molecular weight is 273 g/mol. The van der Waals surface area contributed by atoms with Crippen LogP contribution in [0, 0.1) is 12.8 Å². The Morgan fingerprint density at radius 2 is 2.25 bits per heavy atom. The maximum atomic E-state index is 5.84. The minimum Gasteiger partial charge on any atom is -0.496 e. The van der Waals surface area contributed by atoms with Crippen molar-refractivity contribution in [3.8, 4) is 5.75 Å². The SMILES string of the molecule is COc1c(C2CC(CN)CN2C)ccc2[nH]c(C)cc12. The van der Waals surface area contributed by atoms with Gasteiger partial charge in [0, 0.05) is 34.7 Å². The molecular weight excluding hydrogens is 250 g/mol. The molecule has 0 spiro atoms. The van der Waals surface area contributed by atoms with Gasteiger partial charge in [0.2, 0.25) is 0 Å². The summed E-state index contributed by atoms with van der Waals surface area (Å²) in [5, 5.41) is 1.17. The Morgan fingerprint density at radius 1 is 1.45 bits per heavy atom. The lowest BCUT2D eigenvalue weighted by Crippen LogP contribution is -2.20. The minimum absolute atomic E-state index is 0.401. The lowest BCUT2D eigenvalue weighted by molar-refractivity contribution is 0.304. The normalized spacial score (nSPS) is 23.6. The fourth-order valence-electron chi connectivity index (χ4n) is 3.46. The largest absolute Gasteiger partial charge is 0.496 e. The van der Waals surface area contributed by atoms with Crippen LogP contribution in [0.2, 0.25) is 0 Å². The number of likely N-dealkylation sites (tertiary alicyclic amines) is 1. The molecule has 4 nitrogen and oxygen atoms in total. The number of aromatic nitrogens is 1. The number of benzene rings is 1. The van der Waals surface area contributed by atoms with Crippen molar-refractivity contribution in [3.05, 3.63) is 29.5 Å². The van der Waals surface area contributed by atoms with Crippen LogP contribution in [0.4, 0.5) is 0 Å². The molecule has 3 rings (SSSR count). The predicted octanol–water partition coefficient (Wildman–Crippen LogP) is 2.44. The van der Waals surface area contributed by atoms with E-state index in [1.165, 1.54) is 10.9 Å². The molecule has 1 aromatic carbocycles. The second-order valence-corrected chi connectivity index (χ2v) is 5.89. The van der Waals surface area contributed by atoms with Crippen LogP contribution in [0.5, 0.6) is 5.75 Å². The number of nitrogens with zero attached hydrogens (tertiary/aromatic N) is 1. The van der Waals surface area contributed by atoms with E-state index in [1.54, 1.807) is 7.11 Å². The third-order valence-electron chi connectivity index (χ3n) is 4.45. The van der Waals surface area contributed by atoms with E-state index in [1.807, 2.05) is 0 Å². The number of nitrogens with one attached hydrogen (secondary N) is 1. The highest BCUT2D eigenvalue weighted by molar-refractivity contribution is 5.88. The molecule has 0 amide bonds. The van der Waals surface area contributed by atoms with Gasteiger partial charge < -0.3 is 15.5 Å². The van der Waals surface area contributed by atoms with Crippen molar-refractivity contribution in [3.63, 3.8) is 0 Å². The fourth-order valence-corrected chi connectivity index (χ4v) is 3.46. The Hall–Kier alpha value is -1.52. The Morgan fingerprint density at radius 3 is 2.90 bits per heavy atom. The summed E-state index contributed by atoms with van der Waals surface area (Å²) in [5.41, 5.74) is 9.41. The lowest BCUT2D eigenvalue weighted by atomic mass is 9.97. The van der Waals surface area contributed by atoms with Gasteiger partial charge in [-0.15, -0.1) is 0 Å². The second-order valence-electron chi connectivity index (χ2n) is 5.89. The molecule has 108 valence electrons. The molecule has 1 fully saturated rings. The van der Waals surface area contributed by atoms with Gasteiger partial charge >= 0.3 is 0 Å². The molecule has 4 heteroatoms. The monoisotopic (exact) mass is 273 g/mol. The first-order valence-electron chi connectivity index (χ1n) is 7.20. The van der Waals surface area contributed by atoms with Gasteiger partial charge in [-0.3, -0.25) is 4.90 Å². The number of hydrogen-bond donors (Lipinski definition) is 2. The molecule has 0 bridgehead atoms. The van der Waals surface area contributed by atoms with Crippen LogP contribution < -0.4 is 10.5 Å². The molecule has 1 aliphatic rings. The van der Waals surface area contributed by atoms with Crippen molar-refractivity contribution >= 4 is 10.9 Å². The van der Waals surface area contributed by atoms with Gasteiger partial charge in [-0.25, -0.2) is 0 Å². The fraction of sp³-hybridized carbons (Fsp3) is 0.500. The van der Waals surface area contributed by atoms with E-state index < -0.39 is 0 Å². The molecule has 0 saturated carbocycles. The quantitative estimate of drug-likeness (QED) is 0.903. The molecule has 2 aromatic rings. The molecule has 1 aliphatic heterocycles. The Balaban J connectivity index is 2.07. The standard InChI is InChI=1S/C16H23N3O/c1-10-6-13-14(18-10)5-4-12(16(13)20-3)15-7-11(8-17)9-19(15)2/h4-6,11,15,18H,7-9,17H2,1-3H3. The summed E-state index contributed by atoms with van der Waals surface area (Å²) in [7, 11) is 3.93. The van der Waals surface area contributed by atoms with Gasteiger partial charge in [0.15, 0.2) is 0 Å². The number of hydrogen-bond acceptors (Lipinski definition) is 3. The van der Waals surface area contributed by atoms with Crippen molar-refractivity contribution in [2.24, 2.45) is 11.7 Å². The van der Waals surface area contributed by atoms with E-state index in [0.717, 1.165) is 36.5 Å². The zero-order valence-electron chi connectivity index (χ0n) is 12.4. The number of aromatic amines is 1. The van der Waals surface area contributed by atoms with Crippen LogP contribution in [0.3, 0.4) is 0 Å². The van der Waals surface area contributed by atoms with Gasteiger partial charge in [0.05, 0.1) is 7.11 Å². The van der Waals surface area contributed by atoms with Crippen LogP contribution >= 0.6 is 0 Å². The number of H-pyrrole nitrogens is 1. The van der Waals surface area contributed by atoms with Gasteiger partial charge in [0.1, 0.15) is 5.75 Å².